The standard InChI is InChI=1S/C25H35N9O2/c1-2-17-7-9-18(10-8-17)31-12-14-32(15-13-31)22(35)19-5-3-11-33(19)24-28-23(26)34-25(29-24)27-21(30-34)20-6-4-16-36-20/h4,6,16-19H,2-3,5,7-15H2,1H3,(H2,26,27,28,29,30)/t17?,18?,19-/m0/s1. The molecule has 192 valence electrons. The molecule has 3 aliphatic rings. The van der Waals surface area contributed by atoms with Crippen LogP contribution in [0.4, 0.5) is 11.9 Å². The molecule has 1 aliphatic carbocycles. The maximum atomic E-state index is 13.6. The Bertz CT molecular complexity index is 1190. The lowest BCUT2D eigenvalue weighted by Crippen LogP contribution is -2.56. The van der Waals surface area contributed by atoms with Crippen molar-refractivity contribution in [3.8, 4) is 11.6 Å². The first-order chi connectivity index (χ1) is 17.6. The van der Waals surface area contributed by atoms with E-state index in [0.29, 0.717) is 35.9 Å². The Labute approximate surface area is 210 Å². The van der Waals surface area contributed by atoms with Gasteiger partial charge in [-0.25, -0.2) is 0 Å². The highest BCUT2D eigenvalue weighted by atomic mass is 16.3. The van der Waals surface area contributed by atoms with E-state index >= 15 is 0 Å². The number of anilines is 2. The minimum atomic E-state index is -0.272. The number of aromatic nitrogens is 5. The van der Waals surface area contributed by atoms with Crippen LogP contribution in [-0.4, -0.2) is 85.1 Å². The summed E-state index contributed by atoms with van der Waals surface area (Å²) in [7, 11) is 0. The molecule has 0 radical (unpaired) electrons. The van der Waals surface area contributed by atoms with Crippen molar-refractivity contribution in [1.29, 1.82) is 0 Å². The average molecular weight is 494 g/mol. The SMILES string of the molecule is CCC1CCC(N2CCN(C(=O)[C@@H]3CCCN3c3nc(N)n4nc(-c5ccco5)nc4n3)CC2)CC1. The van der Waals surface area contributed by atoms with Crippen LogP contribution in [0.15, 0.2) is 22.8 Å². The molecule has 3 fully saturated rings. The summed E-state index contributed by atoms with van der Waals surface area (Å²) in [4.78, 5) is 33.8. The number of hydrogen-bond acceptors (Lipinski definition) is 9. The number of carbonyl (C=O) groups is 1. The first-order valence-electron chi connectivity index (χ1n) is 13.3. The van der Waals surface area contributed by atoms with Crippen LogP contribution in [-0.2, 0) is 4.79 Å². The molecule has 3 aromatic rings. The Morgan fingerprint density at radius 2 is 1.86 bits per heavy atom. The first-order valence-corrected chi connectivity index (χ1v) is 13.3. The van der Waals surface area contributed by atoms with E-state index in [2.05, 4.69) is 31.9 Å². The van der Waals surface area contributed by atoms with Gasteiger partial charge in [0.15, 0.2) is 5.76 Å². The van der Waals surface area contributed by atoms with Crippen molar-refractivity contribution in [2.24, 2.45) is 5.92 Å². The van der Waals surface area contributed by atoms with Gasteiger partial charge in [0.1, 0.15) is 6.04 Å². The molecule has 1 atom stereocenters. The molecule has 6 rings (SSSR count). The van der Waals surface area contributed by atoms with Crippen molar-refractivity contribution >= 4 is 23.6 Å². The van der Waals surface area contributed by atoms with Gasteiger partial charge in [-0.05, 0) is 56.6 Å². The molecule has 3 aromatic heterocycles. The zero-order valence-electron chi connectivity index (χ0n) is 20.9. The third kappa shape index (κ3) is 4.29. The zero-order chi connectivity index (χ0) is 24.6. The maximum Gasteiger partial charge on any atom is 0.259 e. The second-order valence-corrected chi connectivity index (χ2v) is 10.3. The Kier molecular flexibility index (Phi) is 6.24. The van der Waals surface area contributed by atoms with Gasteiger partial charge in [0, 0.05) is 38.8 Å². The molecule has 0 aromatic carbocycles. The van der Waals surface area contributed by atoms with Crippen LogP contribution < -0.4 is 10.6 Å². The zero-order valence-corrected chi connectivity index (χ0v) is 20.9. The maximum absolute atomic E-state index is 13.6. The van der Waals surface area contributed by atoms with Crippen molar-refractivity contribution in [3.63, 3.8) is 0 Å². The molecule has 11 heteroatoms. The van der Waals surface area contributed by atoms with E-state index in [1.54, 1.807) is 18.4 Å². The van der Waals surface area contributed by atoms with Gasteiger partial charge in [0.05, 0.1) is 6.26 Å². The number of piperazine rings is 1. The molecule has 5 heterocycles. The number of fused-ring (bicyclic) bond motifs is 1. The summed E-state index contributed by atoms with van der Waals surface area (Å²) < 4.78 is 6.80. The summed E-state index contributed by atoms with van der Waals surface area (Å²) in [5, 5.41) is 4.37. The summed E-state index contributed by atoms with van der Waals surface area (Å²) in [5.74, 6) is 2.96. The molecule has 36 heavy (non-hydrogen) atoms. The van der Waals surface area contributed by atoms with Gasteiger partial charge in [-0.2, -0.15) is 19.5 Å². The van der Waals surface area contributed by atoms with Crippen molar-refractivity contribution < 1.29 is 9.21 Å². The molecule has 0 bridgehead atoms. The largest absolute Gasteiger partial charge is 0.461 e. The topological polar surface area (TPSA) is 122 Å². The number of nitrogens with two attached hydrogens (primary N) is 1. The van der Waals surface area contributed by atoms with Crippen molar-refractivity contribution in [2.75, 3.05) is 43.4 Å². The van der Waals surface area contributed by atoms with Gasteiger partial charge in [-0.15, -0.1) is 5.10 Å². The van der Waals surface area contributed by atoms with Crippen LogP contribution in [0.5, 0.6) is 0 Å². The number of carbonyl (C=O) groups excluding carboxylic acids is 1. The Balaban J connectivity index is 1.13. The van der Waals surface area contributed by atoms with E-state index in [4.69, 9.17) is 10.2 Å². The smallest absolute Gasteiger partial charge is 0.259 e. The number of hydrogen-bond donors (Lipinski definition) is 1. The normalized spacial score (nSPS) is 25.6. The summed E-state index contributed by atoms with van der Waals surface area (Å²) in [6.45, 7) is 6.52. The summed E-state index contributed by atoms with van der Waals surface area (Å²) in [5.41, 5.74) is 6.21. The lowest BCUT2D eigenvalue weighted by atomic mass is 9.84. The average Bonchev–Trinajstić information content (AvgIpc) is 3.69. The van der Waals surface area contributed by atoms with E-state index in [1.807, 2.05) is 9.80 Å². The minimum Gasteiger partial charge on any atom is -0.461 e. The predicted octanol–water partition coefficient (Wildman–Crippen LogP) is 2.44. The Morgan fingerprint density at radius 1 is 1.06 bits per heavy atom. The van der Waals surface area contributed by atoms with E-state index in [-0.39, 0.29) is 17.9 Å². The second-order valence-electron chi connectivity index (χ2n) is 10.3. The highest BCUT2D eigenvalue weighted by molar-refractivity contribution is 5.85. The van der Waals surface area contributed by atoms with Crippen LogP contribution in [0, 0.1) is 5.92 Å². The fraction of sp³-hybridized carbons (Fsp3) is 0.640. The van der Waals surface area contributed by atoms with Crippen LogP contribution >= 0.6 is 0 Å². The number of nitrogens with zero attached hydrogens (tertiary/aromatic N) is 8. The van der Waals surface area contributed by atoms with Crippen molar-refractivity contribution in [2.45, 2.75) is 64.0 Å². The highest BCUT2D eigenvalue weighted by Gasteiger charge is 2.37. The molecule has 2 aliphatic heterocycles. The molecule has 0 spiro atoms. The third-order valence-corrected chi connectivity index (χ3v) is 8.29. The predicted molar refractivity (Wildman–Crippen MR) is 135 cm³/mol. The third-order valence-electron chi connectivity index (χ3n) is 8.29. The van der Waals surface area contributed by atoms with Crippen LogP contribution in [0.1, 0.15) is 51.9 Å². The lowest BCUT2D eigenvalue weighted by Gasteiger charge is -2.42. The summed E-state index contributed by atoms with van der Waals surface area (Å²) in [6.07, 6.45) is 9.87. The van der Waals surface area contributed by atoms with E-state index < -0.39 is 0 Å². The second kappa shape index (κ2) is 9.68. The van der Waals surface area contributed by atoms with Gasteiger partial charge in [0.2, 0.25) is 23.6 Å². The van der Waals surface area contributed by atoms with Crippen molar-refractivity contribution in [3.05, 3.63) is 18.4 Å². The van der Waals surface area contributed by atoms with Crippen LogP contribution in [0.25, 0.3) is 17.4 Å². The fourth-order valence-corrected chi connectivity index (χ4v) is 6.13. The molecular weight excluding hydrogens is 458 g/mol. The molecule has 1 saturated carbocycles. The van der Waals surface area contributed by atoms with E-state index in [9.17, 15) is 4.79 Å². The highest BCUT2D eigenvalue weighted by Crippen LogP contribution is 2.31. The monoisotopic (exact) mass is 493 g/mol. The molecule has 0 unspecified atom stereocenters. The summed E-state index contributed by atoms with van der Waals surface area (Å²) >= 11 is 0. The van der Waals surface area contributed by atoms with Gasteiger partial charge in [-0.1, -0.05) is 13.3 Å². The number of nitrogen functional groups attached to an aromatic ring is 1. The van der Waals surface area contributed by atoms with Crippen LogP contribution in [0.3, 0.4) is 0 Å². The molecule has 2 N–H and O–H groups in total. The van der Waals surface area contributed by atoms with Gasteiger partial charge < -0.3 is 20.0 Å². The van der Waals surface area contributed by atoms with Gasteiger partial charge >= 0.3 is 0 Å². The van der Waals surface area contributed by atoms with E-state index in [0.717, 1.165) is 44.9 Å². The van der Waals surface area contributed by atoms with Crippen LogP contribution in [0.2, 0.25) is 0 Å². The molecule has 1 amide bonds. The van der Waals surface area contributed by atoms with Gasteiger partial charge in [-0.3, -0.25) is 9.69 Å². The molecular formula is C25H35N9O2. The van der Waals surface area contributed by atoms with Gasteiger partial charge in [0.25, 0.3) is 5.78 Å². The summed E-state index contributed by atoms with van der Waals surface area (Å²) in [6, 6.07) is 3.97. The first kappa shape index (κ1) is 23.2. The molecule has 2 saturated heterocycles. The number of rotatable bonds is 5. The van der Waals surface area contributed by atoms with E-state index in [1.165, 1.54) is 36.6 Å². The lowest BCUT2D eigenvalue weighted by molar-refractivity contribution is -0.134. The Hall–Kier alpha value is -3.21. The molecule has 11 nitrogen and oxygen atoms in total. The minimum absolute atomic E-state index is 0.168. The number of furan rings is 1. The fourth-order valence-electron chi connectivity index (χ4n) is 6.13. The Morgan fingerprint density at radius 3 is 2.58 bits per heavy atom. The van der Waals surface area contributed by atoms with Crippen molar-refractivity contribution in [1.82, 2.24) is 34.4 Å². The number of amides is 1. The quantitative estimate of drug-likeness (QED) is 0.571.